The van der Waals surface area contributed by atoms with Crippen molar-refractivity contribution >= 4 is 21.4 Å². The predicted molar refractivity (Wildman–Crippen MR) is 90.0 cm³/mol. The van der Waals surface area contributed by atoms with Gasteiger partial charge in [-0.15, -0.1) is 0 Å². The van der Waals surface area contributed by atoms with E-state index in [4.69, 9.17) is 0 Å². The van der Waals surface area contributed by atoms with Crippen molar-refractivity contribution in [1.82, 2.24) is 0 Å². The van der Waals surface area contributed by atoms with Gasteiger partial charge in [0.25, 0.3) is 10.0 Å². The van der Waals surface area contributed by atoms with E-state index in [2.05, 4.69) is 5.32 Å². The topological polar surface area (TPSA) is 49.4 Å². The highest BCUT2D eigenvalue weighted by Crippen LogP contribution is 2.40. The van der Waals surface area contributed by atoms with Crippen molar-refractivity contribution in [3.05, 3.63) is 54.1 Å². The number of nitrogens with one attached hydrogen (secondary N) is 1. The third-order valence-corrected chi connectivity index (χ3v) is 5.91. The molecular weight excluding hydrogens is 296 g/mol. The molecule has 2 aromatic rings. The molecule has 4 nitrogen and oxygen atoms in total. The summed E-state index contributed by atoms with van der Waals surface area (Å²) >= 11 is 0. The van der Waals surface area contributed by atoms with E-state index in [-0.39, 0.29) is 0 Å². The maximum absolute atomic E-state index is 12.7. The molecule has 0 aromatic heterocycles. The minimum atomic E-state index is -3.53. The van der Waals surface area contributed by atoms with E-state index in [1.165, 1.54) is 22.7 Å². The molecule has 1 aliphatic rings. The Bertz CT molecular complexity index is 748. The Labute approximate surface area is 131 Å². The molecule has 0 spiro atoms. The SMILES string of the molecule is CNc1ccc(S(=O)(=O)N(C)c2ccc(C3CC3)cc2)cc1. The summed E-state index contributed by atoms with van der Waals surface area (Å²) in [6.07, 6.45) is 2.48. The van der Waals surface area contributed by atoms with Crippen molar-refractivity contribution in [1.29, 1.82) is 0 Å². The maximum Gasteiger partial charge on any atom is 0.264 e. The summed E-state index contributed by atoms with van der Waals surface area (Å²) in [4.78, 5) is 0.292. The van der Waals surface area contributed by atoms with Crippen LogP contribution in [-0.4, -0.2) is 22.5 Å². The molecule has 1 fully saturated rings. The van der Waals surface area contributed by atoms with Crippen molar-refractivity contribution < 1.29 is 8.42 Å². The second-order valence-corrected chi connectivity index (χ2v) is 7.58. The number of benzene rings is 2. The Kier molecular flexibility index (Phi) is 3.83. The van der Waals surface area contributed by atoms with Gasteiger partial charge in [0.1, 0.15) is 0 Å². The summed E-state index contributed by atoms with van der Waals surface area (Å²) in [6.45, 7) is 0. The van der Waals surface area contributed by atoms with Crippen LogP contribution in [0.25, 0.3) is 0 Å². The van der Waals surface area contributed by atoms with Crippen LogP contribution in [-0.2, 0) is 10.0 Å². The molecule has 116 valence electrons. The molecule has 0 atom stereocenters. The second kappa shape index (κ2) is 5.65. The van der Waals surface area contributed by atoms with E-state index in [1.54, 1.807) is 38.4 Å². The Morgan fingerprint density at radius 3 is 2.09 bits per heavy atom. The van der Waals surface area contributed by atoms with Crippen LogP contribution in [0, 0.1) is 0 Å². The predicted octanol–water partition coefficient (Wildman–Crippen LogP) is 3.43. The van der Waals surface area contributed by atoms with Crippen LogP contribution in [0.3, 0.4) is 0 Å². The van der Waals surface area contributed by atoms with Gasteiger partial charge in [0.2, 0.25) is 0 Å². The Morgan fingerprint density at radius 1 is 1.00 bits per heavy atom. The molecule has 0 amide bonds. The van der Waals surface area contributed by atoms with E-state index in [1.807, 2.05) is 24.3 Å². The molecule has 0 saturated heterocycles. The molecule has 3 rings (SSSR count). The molecule has 22 heavy (non-hydrogen) atoms. The maximum atomic E-state index is 12.7. The van der Waals surface area contributed by atoms with Crippen LogP contribution in [0.2, 0.25) is 0 Å². The summed E-state index contributed by atoms with van der Waals surface area (Å²) in [5.41, 5.74) is 2.87. The molecule has 1 aliphatic carbocycles. The quantitative estimate of drug-likeness (QED) is 0.919. The minimum absolute atomic E-state index is 0.292. The van der Waals surface area contributed by atoms with E-state index >= 15 is 0 Å². The zero-order valence-electron chi connectivity index (χ0n) is 12.8. The number of rotatable bonds is 5. The van der Waals surface area contributed by atoms with Gasteiger partial charge in [0.05, 0.1) is 10.6 Å². The first-order valence-corrected chi connectivity index (χ1v) is 8.83. The molecule has 0 bridgehead atoms. The number of sulfonamides is 1. The monoisotopic (exact) mass is 316 g/mol. The number of anilines is 2. The lowest BCUT2D eigenvalue weighted by molar-refractivity contribution is 0.594. The largest absolute Gasteiger partial charge is 0.388 e. The van der Waals surface area contributed by atoms with Crippen molar-refractivity contribution in [3.63, 3.8) is 0 Å². The lowest BCUT2D eigenvalue weighted by Gasteiger charge is -2.20. The van der Waals surface area contributed by atoms with Gasteiger partial charge in [-0.25, -0.2) is 8.42 Å². The summed E-state index contributed by atoms with van der Waals surface area (Å²) in [6, 6.07) is 14.6. The fraction of sp³-hybridized carbons (Fsp3) is 0.294. The van der Waals surface area contributed by atoms with Crippen LogP contribution in [0.15, 0.2) is 53.4 Å². The zero-order chi connectivity index (χ0) is 15.7. The van der Waals surface area contributed by atoms with E-state index in [0.717, 1.165) is 5.69 Å². The molecule has 5 heteroatoms. The second-order valence-electron chi connectivity index (χ2n) is 5.61. The molecule has 1 saturated carbocycles. The molecule has 0 aliphatic heterocycles. The first-order chi connectivity index (χ1) is 10.5. The van der Waals surface area contributed by atoms with Gasteiger partial charge in [0, 0.05) is 19.8 Å². The fourth-order valence-corrected chi connectivity index (χ4v) is 3.66. The van der Waals surface area contributed by atoms with Crippen molar-refractivity contribution in [2.75, 3.05) is 23.7 Å². The normalized spacial score (nSPS) is 14.6. The first-order valence-electron chi connectivity index (χ1n) is 7.39. The summed E-state index contributed by atoms with van der Waals surface area (Å²) < 4.78 is 26.7. The molecular formula is C17H20N2O2S. The first kappa shape index (κ1) is 14.9. The molecule has 0 unspecified atom stereocenters. The van der Waals surface area contributed by atoms with Crippen LogP contribution in [0.1, 0.15) is 24.3 Å². The molecule has 2 aromatic carbocycles. The summed E-state index contributed by atoms with van der Waals surface area (Å²) in [5.74, 6) is 0.671. The highest BCUT2D eigenvalue weighted by Gasteiger charge is 2.24. The van der Waals surface area contributed by atoms with E-state index in [9.17, 15) is 8.42 Å². The fourth-order valence-electron chi connectivity index (χ4n) is 2.46. The van der Waals surface area contributed by atoms with Crippen molar-refractivity contribution in [2.45, 2.75) is 23.7 Å². The van der Waals surface area contributed by atoms with Gasteiger partial charge in [-0.3, -0.25) is 4.31 Å². The Hall–Kier alpha value is -2.01. The number of hydrogen-bond acceptors (Lipinski definition) is 3. The van der Waals surface area contributed by atoms with Crippen molar-refractivity contribution in [3.8, 4) is 0 Å². The van der Waals surface area contributed by atoms with Crippen LogP contribution < -0.4 is 9.62 Å². The lowest BCUT2D eigenvalue weighted by Crippen LogP contribution is -2.26. The van der Waals surface area contributed by atoms with Gasteiger partial charge in [0.15, 0.2) is 0 Å². The van der Waals surface area contributed by atoms with Crippen LogP contribution in [0.5, 0.6) is 0 Å². The van der Waals surface area contributed by atoms with Gasteiger partial charge in [-0.05, 0) is 60.7 Å². The third-order valence-electron chi connectivity index (χ3n) is 4.11. The minimum Gasteiger partial charge on any atom is -0.388 e. The van der Waals surface area contributed by atoms with Gasteiger partial charge in [-0.1, -0.05) is 12.1 Å². The molecule has 0 radical (unpaired) electrons. The smallest absolute Gasteiger partial charge is 0.264 e. The van der Waals surface area contributed by atoms with E-state index < -0.39 is 10.0 Å². The van der Waals surface area contributed by atoms with Gasteiger partial charge in [-0.2, -0.15) is 0 Å². The van der Waals surface area contributed by atoms with Crippen LogP contribution in [0.4, 0.5) is 11.4 Å². The highest BCUT2D eigenvalue weighted by molar-refractivity contribution is 7.92. The lowest BCUT2D eigenvalue weighted by atomic mass is 10.1. The van der Waals surface area contributed by atoms with E-state index in [0.29, 0.717) is 16.5 Å². The highest BCUT2D eigenvalue weighted by atomic mass is 32.2. The molecule has 1 N–H and O–H groups in total. The average molecular weight is 316 g/mol. The van der Waals surface area contributed by atoms with Crippen molar-refractivity contribution in [2.24, 2.45) is 0 Å². The van der Waals surface area contributed by atoms with Crippen LogP contribution >= 0.6 is 0 Å². The summed E-state index contributed by atoms with van der Waals surface area (Å²) in [7, 11) is -0.136. The number of hydrogen-bond donors (Lipinski definition) is 1. The Balaban J connectivity index is 1.86. The zero-order valence-corrected chi connectivity index (χ0v) is 13.6. The standard InChI is InChI=1S/C17H20N2O2S/c1-18-15-7-11-17(12-8-15)22(20,21)19(2)16-9-5-14(6-10-16)13-3-4-13/h5-13,18H,3-4H2,1-2H3. The summed E-state index contributed by atoms with van der Waals surface area (Å²) in [5, 5.41) is 2.98. The average Bonchev–Trinajstić information content (AvgIpc) is 3.39. The molecule has 0 heterocycles. The number of nitrogens with zero attached hydrogens (tertiary/aromatic N) is 1. The van der Waals surface area contributed by atoms with Gasteiger partial charge < -0.3 is 5.32 Å². The van der Waals surface area contributed by atoms with Gasteiger partial charge >= 0.3 is 0 Å². The third kappa shape index (κ3) is 2.81. The Morgan fingerprint density at radius 2 is 1.59 bits per heavy atom.